The van der Waals surface area contributed by atoms with Crippen LogP contribution in [0.2, 0.25) is 0 Å². The summed E-state index contributed by atoms with van der Waals surface area (Å²) < 4.78 is 17.4. The molecule has 3 atom stereocenters. The van der Waals surface area contributed by atoms with E-state index in [4.69, 9.17) is 10.8 Å². The second kappa shape index (κ2) is 3.71. The maximum Gasteiger partial charge on any atom is 0.404 e. The molecule has 0 radical (unpaired) electrons. The van der Waals surface area contributed by atoms with Gasteiger partial charge >= 0.3 is 6.09 Å². The lowest BCUT2D eigenvalue weighted by Gasteiger charge is -2.27. The topological polar surface area (TPSA) is 72.6 Å². The van der Waals surface area contributed by atoms with Gasteiger partial charge in [-0.1, -0.05) is 0 Å². The molecule has 1 rings (SSSR count). The molecule has 0 bridgehead atoms. The summed E-state index contributed by atoms with van der Waals surface area (Å²) in [6.45, 7) is 0. The monoisotopic (exact) mass is 177 g/mol. The Labute approximate surface area is 69.5 Å². The molecular weight excluding hydrogens is 165 g/mol. The van der Waals surface area contributed by atoms with Crippen molar-refractivity contribution in [1.29, 1.82) is 0 Å². The molecule has 0 aliphatic heterocycles. The van der Waals surface area contributed by atoms with Crippen LogP contribution in [0.25, 0.3) is 0 Å². The lowest BCUT2D eigenvalue weighted by Crippen LogP contribution is -2.36. The molecule has 0 aromatic rings. The SMILES string of the molecule is NC(=O)O[C@@H]1CC[C@@H](O)[C@@H](F)C1. The number of nitrogens with two attached hydrogens (primary N) is 1. The van der Waals surface area contributed by atoms with Crippen molar-refractivity contribution in [3.05, 3.63) is 0 Å². The number of alkyl halides is 1. The van der Waals surface area contributed by atoms with E-state index in [1.54, 1.807) is 0 Å². The summed E-state index contributed by atoms with van der Waals surface area (Å²) in [5, 5.41) is 8.98. The predicted octanol–water partition coefficient (Wildman–Crippen LogP) is 0.333. The molecule has 70 valence electrons. The third kappa shape index (κ3) is 2.34. The molecule has 1 fully saturated rings. The summed E-state index contributed by atoms with van der Waals surface area (Å²) in [6.07, 6.45) is -2.74. The number of rotatable bonds is 1. The number of hydrogen-bond acceptors (Lipinski definition) is 3. The van der Waals surface area contributed by atoms with E-state index in [1.807, 2.05) is 0 Å². The molecule has 12 heavy (non-hydrogen) atoms. The van der Waals surface area contributed by atoms with Crippen molar-refractivity contribution in [3.63, 3.8) is 0 Å². The Bertz CT molecular complexity index is 176. The number of carbonyl (C=O) groups is 1. The van der Waals surface area contributed by atoms with Crippen molar-refractivity contribution in [2.45, 2.75) is 37.6 Å². The van der Waals surface area contributed by atoms with E-state index in [-0.39, 0.29) is 6.42 Å². The van der Waals surface area contributed by atoms with Gasteiger partial charge in [0.25, 0.3) is 0 Å². The average molecular weight is 177 g/mol. The van der Waals surface area contributed by atoms with Gasteiger partial charge < -0.3 is 15.6 Å². The van der Waals surface area contributed by atoms with Gasteiger partial charge in [0.15, 0.2) is 0 Å². The van der Waals surface area contributed by atoms with Gasteiger partial charge in [0.05, 0.1) is 6.10 Å². The highest BCUT2D eigenvalue weighted by Crippen LogP contribution is 2.23. The van der Waals surface area contributed by atoms with Crippen LogP contribution in [0.5, 0.6) is 0 Å². The van der Waals surface area contributed by atoms with E-state index in [0.717, 1.165) is 0 Å². The summed E-state index contributed by atoms with van der Waals surface area (Å²) in [7, 11) is 0. The molecule has 0 saturated heterocycles. The first kappa shape index (κ1) is 9.25. The minimum Gasteiger partial charge on any atom is -0.446 e. The number of carbonyl (C=O) groups excluding carboxylic acids is 1. The van der Waals surface area contributed by atoms with Crippen LogP contribution in [0.1, 0.15) is 19.3 Å². The van der Waals surface area contributed by atoms with E-state index in [0.29, 0.717) is 12.8 Å². The highest BCUT2D eigenvalue weighted by Gasteiger charge is 2.30. The van der Waals surface area contributed by atoms with E-state index in [9.17, 15) is 9.18 Å². The van der Waals surface area contributed by atoms with Crippen LogP contribution in [0.3, 0.4) is 0 Å². The fraction of sp³-hybridized carbons (Fsp3) is 0.857. The zero-order valence-corrected chi connectivity index (χ0v) is 6.57. The number of aliphatic hydroxyl groups excluding tert-OH is 1. The van der Waals surface area contributed by atoms with Gasteiger partial charge in [-0.3, -0.25) is 0 Å². The molecule has 0 aromatic carbocycles. The second-order valence-electron chi connectivity index (χ2n) is 2.96. The molecule has 0 spiro atoms. The largest absolute Gasteiger partial charge is 0.446 e. The third-order valence-electron chi connectivity index (χ3n) is 1.97. The molecule has 0 unspecified atom stereocenters. The van der Waals surface area contributed by atoms with Gasteiger partial charge in [0.1, 0.15) is 12.3 Å². The zero-order valence-electron chi connectivity index (χ0n) is 6.57. The highest BCUT2D eigenvalue weighted by molar-refractivity contribution is 5.64. The third-order valence-corrected chi connectivity index (χ3v) is 1.97. The number of amides is 1. The fourth-order valence-electron chi connectivity index (χ4n) is 1.33. The van der Waals surface area contributed by atoms with E-state index < -0.39 is 24.5 Å². The number of halogens is 1. The average Bonchev–Trinajstić information content (AvgIpc) is 1.96. The fourth-order valence-corrected chi connectivity index (χ4v) is 1.33. The van der Waals surface area contributed by atoms with Crippen molar-refractivity contribution >= 4 is 6.09 Å². The molecule has 1 aliphatic carbocycles. The van der Waals surface area contributed by atoms with Crippen LogP contribution in [-0.2, 0) is 4.74 Å². The quantitative estimate of drug-likeness (QED) is 0.606. The highest BCUT2D eigenvalue weighted by atomic mass is 19.1. The van der Waals surface area contributed by atoms with Crippen LogP contribution in [0.15, 0.2) is 0 Å². The second-order valence-corrected chi connectivity index (χ2v) is 2.96. The van der Waals surface area contributed by atoms with Gasteiger partial charge in [-0.15, -0.1) is 0 Å². The summed E-state index contributed by atoms with van der Waals surface area (Å²) >= 11 is 0. The lowest BCUT2D eigenvalue weighted by molar-refractivity contribution is -0.0151. The minimum absolute atomic E-state index is 0.0457. The Kier molecular flexibility index (Phi) is 2.86. The van der Waals surface area contributed by atoms with Crippen LogP contribution < -0.4 is 5.73 Å². The minimum atomic E-state index is -1.30. The first-order valence-corrected chi connectivity index (χ1v) is 3.88. The van der Waals surface area contributed by atoms with Crippen LogP contribution >= 0.6 is 0 Å². The van der Waals surface area contributed by atoms with Crippen molar-refractivity contribution in [3.8, 4) is 0 Å². The molecule has 0 aromatic heterocycles. The smallest absolute Gasteiger partial charge is 0.404 e. The van der Waals surface area contributed by atoms with Gasteiger partial charge in [-0.05, 0) is 12.8 Å². The molecule has 4 nitrogen and oxygen atoms in total. The molecule has 5 heteroatoms. The summed E-state index contributed by atoms with van der Waals surface area (Å²) in [4.78, 5) is 10.3. The van der Waals surface area contributed by atoms with Gasteiger partial charge in [0, 0.05) is 6.42 Å². The Morgan fingerprint density at radius 3 is 2.75 bits per heavy atom. The lowest BCUT2D eigenvalue weighted by atomic mass is 9.93. The number of ether oxygens (including phenoxy) is 1. The first-order valence-electron chi connectivity index (χ1n) is 3.88. The van der Waals surface area contributed by atoms with Crippen molar-refractivity contribution < 1.29 is 19.0 Å². The predicted molar refractivity (Wildman–Crippen MR) is 39.2 cm³/mol. The van der Waals surface area contributed by atoms with Gasteiger partial charge in [-0.25, -0.2) is 9.18 Å². The van der Waals surface area contributed by atoms with Crippen molar-refractivity contribution in [2.75, 3.05) is 0 Å². The number of hydrogen-bond donors (Lipinski definition) is 2. The first-order chi connectivity index (χ1) is 5.59. The van der Waals surface area contributed by atoms with Crippen LogP contribution in [-0.4, -0.2) is 29.6 Å². The van der Waals surface area contributed by atoms with Crippen LogP contribution in [0, 0.1) is 0 Å². The molecule has 1 saturated carbocycles. The van der Waals surface area contributed by atoms with E-state index >= 15 is 0 Å². The van der Waals surface area contributed by atoms with Crippen molar-refractivity contribution in [1.82, 2.24) is 0 Å². The van der Waals surface area contributed by atoms with E-state index in [2.05, 4.69) is 4.74 Å². The summed E-state index contributed by atoms with van der Waals surface area (Å²) in [5.74, 6) is 0. The standard InChI is InChI=1S/C7H12FNO3/c8-5-3-4(12-7(9)11)1-2-6(5)10/h4-6,10H,1-3H2,(H2,9,11)/t4-,5+,6-/m1/s1. The Hall–Kier alpha value is -0.840. The number of primary amides is 1. The maximum atomic E-state index is 12.8. The summed E-state index contributed by atoms with van der Waals surface area (Å²) in [6, 6.07) is 0. The normalized spacial score (nSPS) is 36.0. The molecular formula is C7H12FNO3. The summed E-state index contributed by atoms with van der Waals surface area (Å²) in [5.41, 5.74) is 4.76. The Morgan fingerprint density at radius 1 is 1.58 bits per heavy atom. The van der Waals surface area contributed by atoms with Gasteiger partial charge in [0.2, 0.25) is 0 Å². The van der Waals surface area contributed by atoms with Crippen LogP contribution in [0.4, 0.5) is 9.18 Å². The molecule has 1 aliphatic rings. The maximum absolute atomic E-state index is 12.8. The number of aliphatic hydroxyl groups is 1. The van der Waals surface area contributed by atoms with E-state index in [1.165, 1.54) is 0 Å². The zero-order chi connectivity index (χ0) is 9.14. The Morgan fingerprint density at radius 2 is 2.25 bits per heavy atom. The molecule has 0 heterocycles. The van der Waals surface area contributed by atoms with Crippen molar-refractivity contribution in [2.24, 2.45) is 5.73 Å². The van der Waals surface area contributed by atoms with Gasteiger partial charge in [-0.2, -0.15) is 0 Å². The molecule has 1 amide bonds. The Balaban J connectivity index is 2.35. The molecule has 3 N–H and O–H groups in total.